The van der Waals surface area contributed by atoms with Gasteiger partial charge in [0.1, 0.15) is 11.4 Å². The highest BCUT2D eigenvalue weighted by Gasteiger charge is 2.36. The molecule has 1 aromatic carbocycles. The first-order valence-electron chi connectivity index (χ1n) is 8.51. The van der Waals surface area contributed by atoms with Crippen LogP contribution in [0, 0.1) is 0 Å². The first-order valence-corrected chi connectivity index (χ1v) is 8.51. The summed E-state index contributed by atoms with van der Waals surface area (Å²) in [6, 6.07) is 13.1. The molecule has 0 aliphatic carbocycles. The van der Waals surface area contributed by atoms with E-state index in [4.69, 9.17) is 4.74 Å². The summed E-state index contributed by atoms with van der Waals surface area (Å²) in [5.74, 6) is -0.185. The van der Waals surface area contributed by atoms with Crippen LogP contribution >= 0.6 is 0 Å². The van der Waals surface area contributed by atoms with Gasteiger partial charge in [0.25, 0.3) is 5.91 Å². The zero-order valence-corrected chi connectivity index (χ0v) is 15.6. The normalized spacial score (nSPS) is 13.0. The lowest BCUT2D eigenvalue weighted by Gasteiger charge is -2.28. The molecule has 1 atom stereocenters. The number of pyridine rings is 1. The van der Waals surface area contributed by atoms with E-state index in [0.717, 1.165) is 5.56 Å². The van der Waals surface area contributed by atoms with Crippen LogP contribution in [0.4, 0.5) is 5.82 Å². The third-order valence-electron chi connectivity index (χ3n) is 3.89. The number of carbonyl (C=O) groups excluding carboxylic acids is 2. The van der Waals surface area contributed by atoms with Crippen molar-refractivity contribution in [3.05, 3.63) is 59.8 Å². The number of carbonyl (C=O) groups is 2. The first kappa shape index (κ1) is 19.4. The van der Waals surface area contributed by atoms with Gasteiger partial charge >= 0.3 is 5.97 Å². The van der Waals surface area contributed by atoms with E-state index in [1.54, 1.807) is 19.1 Å². The second kappa shape index (κ2) is 8.47. The number of hydrogen-bond donors (Lipinski definition) is 2. The van der Waals surface area contributed by atoms with E-state index >= 15 is 0 Å². The minimum absolute atomic E-state index is 0.246. The van der Waals surface area contributed by atoms with Crippen molar-refractivity contribution in [3.63, 3.8) is 0 Å². The van der Waals surface area contributed by atoms with Crippen LogP contribution in [0.5, 0.6) is 0 Å². The summed E-state index contributed by atoms with van der Waals surface area (Å²) in [6.45, 7) is 5.67. The highest BCUT2D eigenvalue weighted by molar-refractivity contribution is 5.98. The molecule has 0 saturated carbocycles. The van der Waals surface area contributed by atoms with Crippen molar-refractivity contribution in [1.82, 2.24) is 10.3 Å². The minimum Gasteiger partial charge on any atom is -0.467 e. The minimum atomic E-state index is -1.18. The van der Waals surface area contributed by atoms with Crippen LogP contribution in [0.1, 0.15) is 36.7 Å². The number of hydrogen-bond acceptors (Lipinski definition) is 5. The van der Waals surface area contributed by atoms with Crippen molar-refractivity contribution >= 4 is 17.7 Å². The molecule has 1 unspecified atom stereocenters. The Balaban J connectivity index is 2.17. The molecule has 0 aliphatic heterocycles. The standard InChI is InChI=1S/C20H25N3O3/c1-14(2)22-17-11-10-16(13-21-17)18(24)23-20(3,19(25)26-4)12-15-8-6-5-7-9-15/h5-11,13-14H,12H2,1-4H3,(H,21,22)(H,23,24). The van der Waals surface area contributed by atoms with Gasteiger partial charge in [0.15, 0.2) is 0 Å². The average Bonchev–Trinajstić information content (AvgIpc) is 2.61. The molecule has 0 bridgehead atoms. The Morgan fingerprint density at radius 1 is 1.15 bits per heavy atom. The Morgan fingerprint density at radius 2 is 1.85 bits per heavy atom. The van der Waals surface area contributed by atoms with Crippen LogP contribution in [0.15, 0.2) is 48.7 Å². The molecular weight excluding hydrogens is 330 g/mol. The van der Waals surface area contributed by atoms with E-state index in [0.29, 0.717) is 17.8 Å². The van der Waals surface area contributed by atoms with Gasteiger partial charge in [0, 0.05) is 18.7 Å². The summed E-state index contributed by atoms with van der Waals surface area (Å²) in [6.07, 6.45) is 1.81. The van der Waals surface area contributed by atoms with E-state index < -0.39 is 11.5 Å². The Hall–Kier alpha value is -2.89. The van der Waals surface area contributed by atoms with Gasteiger partial charge in [-0.2, -0.15) is 0 Å². The number of methoxy groups -OCH3 is 1. The molecule has 0 spiro atoms. The number of aromatic nitrogens is 1. The molecule has 0 saturated heterocycles. The predicted molar refractivity (Wildman–Crippen MR) is 101 cm³/mol. The van der Waals surface area contributed by atoms with Crippen LogP contribution in [0.2, 0.25) is 0 Å². The molecule has 0 radical (unpaired) electrons. The Bertz CT molecular complexity index is 745. The lowest BCUT2D eigenvalue weighted by atomic mass is 9.92. The number of ether oxygens (including phenoxy) is 1. The van der Waals surface area contributed by atoms with Crippen molar-refractivity contribution in [3.8, 4) is 0 Å². The molecule has 1 heterocycles. The molecule has 0 aliphatic rings. The van der Waals surface area contributed by atoms with Gasteiger partial charge in [0.05, 0.1) is 12.7 Å². The second-order valence-electron chi connectivity index (χ2n) is 6.67. The Morgan fingerprint density at radius 3 is 2.38 bits per heavy atom. The molecule has 26 heavy (non-hydrogen) atoms. The second-order valence-corrected chi connectivity index (χ2v) is 6.67. The largest absolute Gasteiger partial charge is 0.467 e. The van der Waals surface area contributed by atoms with E-state index in [-0.39, 0.29) is 11.9 Å². The zero-order valence-electron chi connectivity index (χ0n) is 15.6. The summed E-state index contributed by atoms with van der Waals surface area (Å²) in [5, 5.41) is 5.96. The topological polar surface area (TPSA) is 80.3 Å². The van der Waals surface area contributed by atoms with Crippen LogP contribution in [0.25, 0.3) is 0 Å². The maximum atomic E-state index is 12.6. The monoisotopic (exact) mass is 355 g/mol. The van der Waals surface area contributed by atoms with Crippen molar-refractivity contribution < 1.29 is 14.3 Å². The Kier molecular flexibility index (Phi) is 6.33. The van der Waals surface area contributed by atoms with Crippen LogP contribution in [-0.2, 0) is 16.0 Å². The molecular formula is C20H25N3O3. The predicted octanol–water partition coefficient (Wildman–Crippen LogP) is 2.81. The molecule has 0 fully saturated rings. The highest BCUT2D eigenvalue weighted by atomic mass is 16.5. The van der Waals surface area contributed by atoms with Crippen molar-refractivity contribution in [1.29, 1.82) is 0 Å². The molecule has 1 amide bonds. The summed E-state index contributed by atoms with van der Waals surface area (Å²) >= 11 is 0. The van der Waals surface area contributed by atoms with Crippen molar-refractivity contribution in [2.75, 3.05) is 12.4 Å². The molecule has 2 N–H and O–H groups in total. The number of nitrogens with one attached hydrogen (secondary N) is 2. The summed E-state index contributed by atoms with van der Waals surface area (Å²) < 4.78 is 4.91. The quantitative estimate of drug-likeness (QED) is 0.747. The number of esters is 1. The third-order valence-corrected chi connectivity index (χ3v) is 3.89. The van der Waals surface area contributed by atoms with Gasteiger partial charge in [-0.25, -0.2) is 9.78 Å². The van der Waals surface area contributed by atoms with Crippen LogP contribution in [0.3, 0.4) is 0 Å². The molecule has 2 rings (SSSR count). The number of amides is 1. The number of benzene rings is 1. The Labute approximate surface area is 154 Å². The molecule has 1 aromatic heterocycles. The van der Waals surface area contributed by atoms with E-state index in [1.165, 1.54) is 13.3 Å². The van der Waals surface area contributed by atoms with E-state index in [1.807, 2.05) is 44.2 Å². The van der Waals surface area contributed by atoms with Gasteiger partial charge in [0.2, 0.25) is 0 Å². The van der Waals surface area contributed by atoms with Crippen LogP contribution < -0.4 is 10.6 Å². The fourth-order valence-electron chi connectivity index (χ4n) is 2.63. The average molecular weight is 355 g/mol. The molecule has 6 nitrogen and oxygen atoms in total. The molecule has 6 heteroatoms. The van der Waals surface area contributed by atoms with E-state index in [9.17, 15) is 9.59 Å². The molecule has 2 aromatic rings. The summed E-state index contributed by atoms with van der Waals surface area (Å²) in [5.41, 5.74) is 0.125. The van der Waals surface area contributed by atoms with Crippen molar-refractivity contribution in [2.24, 2.45) is 0 Å². The van der Waals surface area contributed by atoms with Gasteiger partial charge in [-0.05, 0) is 38.5 Å². The van der Waals surface area contributed by atoms with Crippen molar-refractivity contribution in [2.45, 2.75) is 38.8 Å². The maximum Gasteiger partial charge on any atom is 0.331 e. The SMILES string of the molecule is COC(=O)C(C)(Cc1ccccc1)NC(=O)c1ccc(NC(C)C)nc1. The molecule has 138 valence electrons. The fraction of sp³-hybridized carbons (Fsp3) is 0.350. The first-order chi connectivity index (χ1) is 12.3. The maximum absolute atomic E-state index is 12.6. The van der Waals surface area contributed by atoms with Crippen LogP contribution in [-0.4, -0.2) is 35.6 Å². The van der Waals surface area contributed by atoms with Gasteiger partial charge < -0.3 is 15.4 Å². The van der Waals surface area contributed by atoms with Gasteiger partial charge in [-0.15, -0.1) is 0 Å². The fourth-order valence-corrected chi connectivity index (χ4v) is 2.63. The number of anilines is 1. The smallest absolute Gasteiger partial charge is 0.331 e. The van der Waals surface area contributed by atoms with E-state index in [2.05, 4.69) is 15.6 Å². The third kappa shape index (κ3) is 5.05. The van der Waals surface area contributed by atoms with Gasteiger partial charge in [-0.3, -0.25) is 4.79 Å². The highest BCUT2D eigenvalue weighted by Crippen LogP contribution is 2.17. The lowest BCUT2D eigenvalue weighted by Crippen LogP contribution is -2.54. The number of nitrogens with zero attached hydrogens (tertiary/aromatic N) is 1. The number of rotatable bonds is 7. The lowest BCUT2D eigenvalue weighted by molar-refractivity contribution is -0.147. The van der Waals surface area contributed by atoms with Gasteiger partial charge in [-0.1, -0.05) is 30.3 Å². The summed E-state index contributed by atoms with van der Waals surface area (Å²) in [7, 11) is 1.31. The zero-order chi connectivity index (χ0) is 19.2. The summed E-state index contributed by atoms with van der Waals surface area (Å²) in [4.78, 5) is 29.2.